The van der Waals surface area contributed by atoms with Gasteiger partial charge in [-0.25, -0.2) is 0 Å². The molecule has 1 aromatic carbocycles. The van der Waals surface area contributed by atoms with Gasteiger partial charge in [0.05, 0.1) is 5.56 Å². The van der Waals surface area contributed by atoms with Crippen molar-refractivity contribution in [1.29, 1.82) is 0 Å². The minimum Gasteiger partial charge on any atom is -0.353 e. The zero-order chi connectivity index (χ0) is 16.7. The average molecular weight is 338 g/mol. The van der Waals surface area contributed by atoms with Gasteiger partial charge in [0.15, 0.2) is 0 Å². The largest absolute Gasteiger partial charge is 0.353 e. The van der Waals surface area contributed by atoms with Crippen LogP contribution in [0.4, 0.5) is 5.00 Å². The SMILES string of the molecule is C/C(=C\c1ccccc1)C1NC(=O)c2c(sc3c2CCC(C)C3)N1. The Labute approximate surface area is 146 Å². The van der Waals surface area contributed by atoms with Crippen molar-refractivity contribution in [3.63, 3.8) is 0 Å². The maximum Gasteiger partial charge on any atom is 0.256 e. The second-order valence-corrected chi connectivity index (χ2v) is 8.01. The second-order valence-electron chi connectivity index (χ2n) is 6.91. The molecule has 0 bridgehead atoms. The van der Waals surface area contributed by atoms with Gasteiger partial charge in [0.25, 0.3) is 5.91 Å². The summed E-state index contributed by atoms with van der Waals surface area (Å²) < 4.78 is 0. The minimum atomic E-state index is -0.136. The molecule has 24 heavy (non-hydrogen) atoms. The van der Waals surface area contributed by atoms with Crippen LogP contribution in [-0.2, 0) is 12.8 Å². The zero-order valence-corrected chi connectivity index (χ0v) is 14.9. The third kappa shape index (κ3) is 2.75. The van der Waals surface area contributed by atoms with Crippen molar-refractivity contribution in [2.45, 2.75) is 39.3 Å². The monoisotopic (exact) mass is 338 g/mol. The highest BCUT2D eigenvalue weighted by Crippen LogP contribution is 2.41. The third-order valence-corrected chi connectivity index (χ3v) is 6.12. The van der Waals surface area contributed by atoms with Gasteiger partial charge in [-0.1, -0.05) is 43.3 Å². The predicted molar refractivity (Wildman–Crippen MR) is 100 cm³/mol. The van der Waals surface area contributed by atoms with Gasteiger partial charge < -0.3 is 10.6 Å². The van der Waals surface area contributed by atoms with Crippen molar-refractivity contribution in [2.24, 2.45) is 5.92 Å². The Hall–Kier alpha value is -2.07. The van der Waals surface area contributed by atoms with Crippen molar-refractivity contribution in [3.8, 4) is 0 Å². The molecule has 1 aliphatic carbocycles. The maximum absolute atomic E-state index is 12.7. The Bertz CT molecular complexity index is 807. The van der Waals surface area contributed by atoms with Crippen LogP contribution >= 0.6 is 11.3 Å². The van der Waals surface area contributed by atoms with Crippen molar-refractivity contribution < 1.29 is 4.79 Å². The highest BCUT2D eigenvalue weighted by Gasteiger charge is 2.32. The quantitative estimate of drug-likeness (QED) is 0.849. The van der Waals surface area contributed by atoms with E-state index in [0.29, 0.717) is 0 Å². The number of benzene rings is 1. The lowest BCUT2D eigenvalue weighted by atomic mass is 9.88. The third-order valence-electron chi connectivity index (χ3n) is 4.94. The van der Waals surface area contributed by atoms with Crippen LogP contribution in [-0.4, -0.2) is 12.1 Å². The van der Waals surface area contributed by atoms with Crippen LogP contribution in [0, 0.1) is 5.92 Å². The number of fused-ring (bicyclic) bond motifs is 3. The maximum atomic E-state index is 12.7. The minimum absolute atomic E-state index is 0.0709. The summed E-state index contributed by atoms with van der Waals surface area (Å²) in [5.74, 6) is 0.790. The summed E-state index contributed by atoms with van der Waals surface area (Å²) >= 11 is 1.77. The lowest BCUT2D eigenvalue weighted by molar-refractivity contribution is 0.0941. The number of carbonyl (C=O) groups excluding carboxylic acids is 1. The molecule has 2 heterocycles. The molecular formula is C20H22N2OS. The number of hydrogen-bond donors (Lipinski definition) is 2. The van der Waals surface area contributed by atoms with Gasteiger partial charge in [0.1, 0.15) is 11.2 Å². The zero-order valence-electron chi connectivity index (χ0n) is 14.1. The molecule has 0 spiro atoms. The predicted octanol–water partition coefficient (Wildman–Crippen LogP) is 4.46. The van der Waals surface area contributed by atoms with Crippen LogP contribution in [0.2, 0.25) is 0 Å². The normalized spacial score (nSPS) is 23.1. The Balaban J connectivity index is 1.63. The second kappa shape index (κ2) is 6.10. The van der Waals surface area contributed by atoms with Gasteiger partial charge in [-0.05, 0) is 48.8 Å². The number of hydrogen-bond acceptors (Lipinski definition) is 3. The van der Waals surface area contributed by atoms with Crippen molar-refractivity contribution in [3.05, 3.63) is 57.5 Å². The van der Waals surface area contributed by atoms with E-state index in [1.807, 2.05) is 18.2 Å². The highest BCUT2D eigenvalue weighted by atomic mass is 32.1. The molecule has 124 valence electrons. The van der Waals surface area contributed by atoms with E-state index in [2.05, 4.69) is 42.7 Å². The van der Waals surface area contributed by atoms with E-state index in [0.717, 1.165) is 40.5 Å². The van der Waals surface area contributed by atoms with E-state index in [4.69, 9.17) is 0 Å². The van der Waals surface area contributed by atoms with Crippen molar-refractivity contribution in [1.82, 2.24) is 5.32 Å². The molecule has 1 aromatic heterocycles. The van der Waals surface area contributed by atoms with E-state index < -0.39 is 0 Å². The summed E-state index contributed by atoms with van der Waals surface area (Å²) in [5, 5.41) is 7.71. The molecule has 3 nitrogen and oxygen atoms in total. The first-order valence-corrected chi connectivity index (χ1v) is 9.38. The molecule has 0 radical (unpaired) electrons. The Morgan fingerprint density at radius 1 is 1.25 bits per heavy atom. The molecule has 1 aliphatic heterocycles. The van der Waals surface area contributed by atoms with Crippen LogP contribution in [0.15, 0.2) is 35.9 Å². The Kier molecular flexibility index (Phi) is 3.93. The molecule has 2 N–H and O–H groups in total. The number of carbonyl (C=O) groups is 1. The Morgan fingerprint density at radius 2 is 2.04 bits per heavy atom. The van der Waals surface area contributed by atoms with Gasteiger partial charge in [-0.15, -0.1) is 11.3 Å². The summed E-state index contributed by atoms with van der Waals surface area (Å²) in [4.78, 5) is 14.1. The highest BCUT2D eigenvalue weighted by molar-refractivity contribution is 7.16. The van der Waals surface area contributed by atoms with Crippen LogP contribution in [0.25, 0.3) is 6.08 Å². The molecule has 0 saturated carbocycles. The summed E-state index contributed by atoms with van der Waals surface area (Å²) in [7, 11) is 0. The van der Waals surface area contributed by atoms with Gasteiger partial charge in [0.2, 0.25) is 0 Å². The molecule has 0 saturated heterocycles. The average Bonchev–Trinajstić information content (AvgIpc) is 2.93. The molecule has 1 amide bonds. The number of amides is 1. The van der Waals surface area contributed by atoms with Crippen LogP contribution in [0.3, 0.4) is 0 Å². The first kappa shape index (κ1) is 15.5. The number of rotatable bonds is 2. The summed E-state index contributed by atoms with van der Waals surface area (Å²) in [6, 6.07) is 10.2. The molecule has 2 unspecified atom stereocenters. The van der Waals surface area contributed by atoms with Crippen molar-refractivity contribution in [2.75, 3.05) is 5.32 Å². The van der Waals surface area contributed by atoms with Gasteiger partial charge >= 0.3 is 0 Å². The van der Waals surface area contributed by atoms with Crippen LogP contribution in [0.1, 0.15) is 46.6 Å². The van der Waals surface area contributed by atoms with Crippen molar-refractivity contribution >= 4 is 28.3 Å². The summed E-state index contributed by atoms with van der Waals surface area (Å²) in [6.07, 6.45) is 5.30. The fourth-order valence-corrected chi connectivity index (χ4v) is 5.02. The van der Waals surface area contributed by atoms with E-state index in [1.54, 1.807) is 11.3 Å². The Morgan fingerprint density at radius 3 is 2.83 bits per heavy atom. The van der Waals surface area contributed by atoms with Crippen LogP contribution < -0.4 is 10.6 Å². The van der Waals surface area contributed by atoms with E-state index >= 15 is 0 Å². The van der Waals surface area contributed by atoms with Gasteiger partial charge in [0, 0.05) is 4.88 Å². The first-order valence-electron chi connectivity index (χ1n) is 8.57. The fraction of sp³-hybridized carbons (Fsp3) is 0.350. The topological polar surface area (TPSA) is 41.1 Å². The van der Waals surface area contributed by atoms with Gasteiger partial charge in [-0.3, -0.25) is 4.79 Å². The fourth-order valence-electron chi connectivity index (χ4n) is 3.59. The molecule has 2 atom stereocenters. The summed E-state index contributed by atoms with van der Waals surface area (Å²) in [6.45, 7) is 4.36. The standard InChI is InChI=1S/C20H22N2OS/c1-12-8-9-15-16(10-12)24-20-17(15)19(23)21-18(22-20)13(2)11-14-6-4-3-5-7-14/h3-7,11-12,18,22H,8-10H2,1-2H3,(H,21,23)/b13-11+. The molecule has 4 rings (SSSR count). The molecule has 0 fully saturated rings. The number of nitrogens with one attached hydrogen (secondary N) is 2. The molecule has 2 aliphatic rings. The molecule has 2 aromatic rings. The van der Waals surface area contributed by atoms with E-state index in [1.165, 1.54) is 16.9 Å². The molecule has 4 heteroatoms. The lowest BCUT2D eigenvalue weighted by Gasteiger charge is -2.27. The lowest BCUT2D eigenvalue weighted by Crippen LogP contribution is -2.45. The van der Waals surface area contributed by atoms with Crippen LogP contribution in [0.5, 0.6) is 0 Å². The number of thiophene rings is 1. The summed E-state index contributed by atoms with van der Waals surface area (Å²) in [5.41, 5.74) is 4.43. The molecular weight excluding hydrogens is 316 g/mol. The van der Waals surface area contributed by atoms with E-state index in [-0.39, 0.29) is 12.1 Å². The first-order chi connectivity index (χ1) is 11.6. The number of anilines is 1. The smallest absolute Gasteiger partial charge is 0.256 e. The van der Waals surface area contributed by atoms with Gasteiger partial charge in [-0.2, -0.15) is 0 Å². The van der Waals surface area contributed by atoms with E-state index in [9.17, 15) is 4.79 Å².